The summed E-state index contributed by atoms with van der Waals surface area (Å²) in [4.78, 5) is 11.5. The highest BCUT2D eigenvalue weighted by atomic mass is 32.2. The van der Waals surface area contributed by atoms with Crippen molar-refractivity contribution in [3.63, 3.8) is 0 Å². The number of rotatable bonds is 5. The van der Waals surface area contributed by atoms with Crippen molar-refractivity contribution >= 4 is 17.7 Å². The number of carbonyl (C=O) groups excluding carboxylic acids is 1. The van der Waals surface area contributed by atoms with Crippen molar-refractivity contribution in [2.75, 3.05) is 18.1 Å². The maximum Gasteiger partial charge on any atom is 0.230 e. The van der Waals surface area contributed by atoms with Crippen molar-refractivity contribution in [2.45, 2.75) is 38.6 Å². The summed E-state index contributed by atoms with van der Waals surface area (Å²) in [6, 6.07) is 0.376. The van der Waals surface area contributed by atoms with Gasteiger partial charge in [-0.15, -0.1) is 11.8 Å². The van der Waals surface area contributed by atoms with E-state index in [-0.39, 0.29) is 12.5 Å². The van der Waals surface area contributed by atoms with Crippen LogP contribution in [0.25, 0.3) is 0 Å². The van der Waals surface area contributed by atoms with Crippen LogP contribution in [-0.4, -0.2) is 35.2 Å². The first-order chi connectivity index (χ1) is 7.24. The van der Waals surface area contributed by atoms with Crippen LogP contribution in [0.5, 0.6) is 0 Å². The van der Waals surface area contributed by atoms with Gasteiger partial charge in [0.2, 0.25) is 5.91 Å². The Balaban J connectivity index is 2.18. The first-order valence-electron chi connectivity index (χ1n) is 5.72. The second kappa shape index (κ2) is 7.12. The van der Waals surface area contributed by atoms with E-state index in [9.17, 15) is 4.79 Å². The molecule has 0 saturated heterocycles. The third-order valence-corrected chi connectivity index (χ3v) is 3.86. The number of nitrogens with one attached hydrogen (secondary N) is 1. The van der Waals surface area contributed by atoms with Crippen molar-refractivity contribution in [3.8, 4) is 0 Å². The fourth-order valence-corrected chi connectivity index (χ4v) is 2.55. The fraction of sp³-hybridized carbons (Fsp3) is 0.909. The van der Waals surface area contributed by atoms with Crippen LogP contribution in [0, 0.1) is 5.92 Å². The number of amides is 1. The molecule has 1 amide bonds. The second-order valence-corrected chi connectivity index (χ2v) is 5.32. The number of aliphatic hydroxyl groups is 1. The van der Waals surface area contributed by atoms with Gasteiger partial charge in [0, 0.05) is 11.8 Å². The van der Waals surface area contributed by atoms with E-state index >= 15 is 0 Å². The van der Waals surface area contributed by atoms with Gasteiger partial charge in [-0.1, -0.05) is 19.8 Å². The zero-order chi connectivity index (χ0) is 11.1. The van der Waals surface area contributed by atoms with Gasteiger partial charge in [-0.05, 0) is 18.8 Å². The smallest absolute Gasteiger partial charge is 0.230 e. The minimum absolute atomic E-state index is 0.118. The third kappa shape index (κ3) is 4.89. The molecule has 15 heavy (non-hydrogen) atoms. The highest BCUT2D eigenvalue weighted by molar-refractivity contribution is 7.99. The average Bonchev–Trinajstić information content (AvgIpc) is 2.22. The predicted molar refractivity (Wildman–Crippen MR) is 64.0 cm³/mol. The molecule has 0 unspecified atom stereocenters. The number of hydrogen-bond donors (Lipinski definition) is 2. The molecule has 1 rings (SSSR count). The Bertz CT molecular complexity index is 199. The molecule has 1 aliphatic carbocycles. The van der Waals surface area contributed by atoms with Crippen molar-refractivity contribution in [3.05, 3.63) is 0 Å². The number of hydrogen-bond acceptors (Lipinski definition) is 3. The van der Waals surface area contributed by atoms with Crippen LogP contribution < -0.4 is 5.32 Å². The molecule has 3 nitrogen and oxygen atoms in total. The van der Waals surface area contributed by atoms with Gasteiger partial charge in [0.05, 0.1) is 12.4 Å². The normalized spacial score (nSPS) is 26.3. The minimum atomic E-state index is 0.118. The van der Waals surface area contributed by atoms with Crippen molar-refractivity contribution in [2.24, 2.45) is 5.92 Å². The lowest BCUT2D eigenvalue weighted by Gasteiger charge is -2.29. The standard InChI is InChI=1S/C11H21NO2S/c1-9-4-2-3-5-10(9)12-11(14)8-15-7-6-13/h9-10,13H,2-8H2,1H3,(H,12,14)/t9-,10+/m0/s1. The van der Waals surface area contributed by atoms with Gasteiger partial charge < -0.3 is 10.4 Å². The molecule has 0 aliphatic heterocycles. The second-order valence-electron chi connectivity index (χ2n) is 4.21. The summed E-state index contributed by atoms with van der Waals surface area (Å²) in [5.74, 6) is 1.86. The van der Waals surface area contributed by atoms with E-state index in [0.29, 0.717) is 23.5 Å². The van der Waals surface area contributed by atoms with Crippen molar-refractivity contribution in [1.82, 2.24) is 5.32 Å². The molecule has 0 bridgehead atoms. The Morgan fingerprint density at radius 3 is 2.87 bits per heavy atom. The molecule has 0 aromatic rings. The van der Waals surface area contributed by atoms with Crippen LogP contribution in [-0.2, 0) is 4.79 Å². The molecule has 1 fully saturated rings. The van der Waals surface area contributed by atoms with Crippen LogP contribution in [0.2, 0.25) is 0 Å². The molecule has 1 saturated carbocycles. The highest BCUT2D eigenvalue weighted by Crippen LogP contribution is 2.23. The predicted octanol–water partition coefficient (Wildman–Crippen LogP) is 1.41. The Labute approximate surface area is 96.0 Å². The van der Waals surface area contributed by atoms with Gasteiger partial charge in [-0.2, -0.15) is 0 Å². The summed E-state index contributed by atoms with van der Waals surface area (Å²) in [6.45, 7) is 2.36. The summed E-state index contributed by atoms with van der Waals surface area (Å²) in [6.07, 6.45) is 4.89. The quantitative estimate of drug-likeness (QED) is 0.703. The summed E-state index contributed by atoms with van der Waals surface area (Å²) in [5.41, 5.74) is 0. The number of thioether (sulfide) groups is 1. The maximum atomic E-state index is 11.5. The molecule has 0 spiro atoms. The summed E-state index contributed by atoms with van der Waals surface area (Å²) < 4.78 is 0. The first-order valence-corrected chi connectivity index (χ1v) is 6.87. The average molecular weight is 231 g/mol. The highest BCUT2D eigenvalue weighted by Gasteiger charge is 2.22. The van der Waals surface area contributed by atoms with Gasteiger partial charge in [0.1, 0.15) is 0 Å². The SMILES string of the molecule is C[C@H]1CCCC[C@H]1NC(=O)CSCCO. The third-order valence-electron chi connectivity index (χ3n) is 2.93. The fourth-order valence-electron chi connectivity index (χ4n) is 2.01. The monoisotopic (exact) mass is 231 g/mol. The Hall–Kier alpha value is -0.220. The molecule has 1 aliphatic rings. The van der Waals surface area contributed by atoms with Gasteiger partial charge in [-0.25, -0.2) is 0 Å². The molecular formula is C11H21NO2S. The number of carbonyl (C=O) groups is 1. The topological polar surface area (TPSA) is 49.3 Å². The largest absolute Gasteiger partial charge is 0.396 e. The zero-order valence-electron chi connectivity index (χ0n) is 9.37. The number of aliphatic hydroxyl groups excluding tert-OH is 1. The molecule has 88 valence electrons. The van der Waals surface area contributed by atoms with Crippen LogP contribution in [0.15, 0.2) is 0 Å². The molecule has 0 aromatic heterocycles. The minimum Gasteiger partial charge on any atom is -0.396 e. The summed E-state index contributed by atoms with van der Waals surface area (Å²) >= 11 is 1.49. The van der Waals surface area contributed by atoms with E-state index in [1.54, 1.807) is 0 Å². The Morgan fingerprint density at radius 2 is 2.20 bits per heavy atom. The lowest BCUT2D eigenvalue weighted by Crippen LogP contribution is -2.41. The van der Waals surface area contributed by atoms with Gasteiger partial charge in [0.15, 0.2) is 0 Å². The molecular weight excluding hydrogens is 210 g/mol. The summed E-state index contributed by atoms with van der Waals surface area (Å²) in [5, 5.41) is 11.7. The van der Waals surface area contributed by atoms with E-state index in [0.717, 1.165) is 6.42 Å². The van der Waals surface area contributed by atoms with Gasteiger partial charge >= 0.3 is 0 Å². The van der Waals surface area contributed by atoms with Crippen LogP contribution in [0.1, 0.15) is 32.6 Å². The molecule has 0 heterocycles. The van der Waals surface area contributed by atoms with E-state index in [1.165, 1.54) is 31.0 Å². The zero-order valence-corrected chi connectivity index (χ0v) is 10.2. The molecule has 2 N–H and O–H groups in total. The Morgan fingerprint density at radius 1 is 1.47 bits per heavy atom. The molecule has 0 radical (unpaired) electrons. The van der Waals surface area contributed by atoms with E-state index in [4.69, 9.17) is 5.11 Å². The van der Waals surface area contributed by atoms with Crippen molar-refractivity contribution in [1.29, 1.82) is 0 Å². The van der Waals surface area contributed by atoms with Crippen LogP contribution in [0.4, 0.5) is 0 Å². The van der Waals surface area contributed by atoms with Crippen molar-refractivity contribution < 1.29 is 9.90 Å². The molecule has 0 aromatic carbocycles. The summed E-state index contributed by atoms with van der Waals surface area (Å²) in [7, 11) is 0. The lowest BCUT2D eigenvalue weighted by molar-refractivity contribution is -0.119. The van der Waals surface area contributed by atoms with Gasteiger partial charge in [-0.3, -0.25) is 4.79 Å². The first kappa shape index (κ1) is 12.8. The maximum absolute atomic E-state index is 11.5. The van der Waals surface area contributed by atoms with E-state index in [1.807, 2.05) is 0 Å². The van der Waals surface area contributed by atoms with Crippen LogP contribution in [0.3, 0.4) is 0 Å². The lowest BCUT2D eigenvalue weighted by atomic mass is 9.86. The van der Waals surface area contributed by atoms with E-state index in [2.05, 4.69) is 12.2 Å². The molecule has 2 atom stereocenters. The van der Waals surface area contributed by atoms with Crippen LogP contribution >= 0.6 is 11.8 Å². The molecule has 4 heteroatoms. The Kier molecular flexibility index (Phi) is 6.10. The van der Waals surface area contributed by atoms with Gasteiger partial charge in [0.25, 0.3) is 0 Å². The van der Waals surface area contributed by atoms with E-state index < -0.39 is 0 Å².